The van der Waals surface area contributed by atoms with Gasteiger partial charge >= 0.3 is 0 Å². The Morgan fingerprint density at radius 1 is 1.20 bits per heavy atom. The van der Waals surface area contributed by atoms with Crippen LogP contribution in [0.5, 0.6) is 0 Å². The van der Waals surface area contributed by atoms with Gasteiger partial charge in [0, 0.05) is 60.3 Å². The van der Waals surface area contributed by atoms with Gasteiger partial charge in [0.1, 0.15) is 6.54 Å². The van der Waals surface area contributed by atoms with Crippen molar-refractivity contribution in [2.45, 2.75) is 6.54 Å². The molecule has 2 aromatic heterocycles. The normalized spacial score (nSPS) is 10.8. The van der Waals surface area contributed by atoms with Crippen LogP contribution in [0.15, 0.2) is 66.3 Å². The lowest BCUT2D eigenvalue weighted by molar-refractivity contribution is -0.119. The monoisotopic (exact) mass is 475 g/mol. The maximum Gasteiger partial charge on any atom is 0.265 e. The van der Waals surface area contributed by atoms with Crippen molar-refractivity contribution in [1.82, 2.24) is 25.5 Å². The van der Waals surface area contributed by atoms with E-state index in [1.807, 2.05) is 18.2 Å². The number of benzene rings is 1. The highest BCUT2D eigenvalue weighted by Crippen LogP contribution is 2.23. The average molecular weight is 476 g/mol. The molecular formula is C22H25N11O2. The minimum absolute atomic E-state index is 0.250. The molecule has 2 amide bonds. The lowest BCUT2D eigenvalue weighted by Crippen LogP contribution is -2.39. The van der Waals surface area contributed by atoms with Gasteiger partial charge in [-0.2, -0.15) is 5.10 Å². The molecule has 0 saturated carbocycles. The molecule has 0 fully saturated rings. The fraction of sp³-hybridized carbons (Fsp3) is 0.182. The summed E-state index contributed by atoms with van der Waals surface area (Å²) in [6.07, 6.45) is 9.82. The second-order valence-corrected chi connectivity index (χ2v) is 7.37. The van der Waals surface area contributed by atoms with Gasteiger partial charge in [-0.3, -0.25) is 25.5 Å². The summed E-state index contributed by atoms with van der Waals surface area (Å²) < 4.78 is 0. The Morgan fingerprint density at radius 2 is 2.00 bits per heavy atom. The fourth-order valence-corrected chi connectivity index (χ4v) is 3.14. The van der Waals surface area contributed by atoms with Crippen LogP contribution in [0.4, 0.5) is 5.69 Å². The van der Waals surface area contributed by atoms with Crippen LogP contribution in [0.25, 0.3) is 27.6 Å². The Hall–Kier alpha value is -4.55. The van der Waals surface area contributed by atoms with Crippen molar-refractivity contribution in [2.75, 3.05) is 24.6 Å². The first-order valence-corrected chi connectivity index (χ1v) is 10.5. The second kappa shape index (κ2) is 12.6. The molecule has 0 bridgehead atoms. The van der Waals surface area contributed by atoms with Crippen molar-refractivity contribution in [3.63, 3.8) is 0 Å². The highest BCUT2D eigenvalue weighted by molar-refractivity contribution is 6.03. The first-order chi connectivity index (χ1) is 17.0. The number of rotatable bonds is 11. The van der Waals surface area contributed by atoms with Gasteiger partial charge in [0.05, 0.1) is 11.9 Å². The van der Waals surface area contributed by atoms with E-state index in [2.05, 4.69) is 30.5 Å². The summed E-state index contributed by atoms with van der Waals surface area (Å²) in [6, 6.07) is 8.90. The van der Waals surface area contributed by atoms with Gasteiger partial charge in [0.15, 0.2) is 0 Å². The number of amides is 2. The Morgan fingerprint density at radius 3 is 2.71 bits per heavy atom. The third-order valence-electron chi connectivity index (χ3n) is 4.90. The van der Waals surface area contributed by atoms with Crippen molar-refractivity contribution in [3.05, 3.63) is 82.8 Å². The van der Waals surface area contributed by atoms with E-state index in [1.165, 1.54) is 11.1 Å². The van der Waals surface area contributed by atoms with Crippen LogP contribution in [-0.2, 0) is 16.1 Å². The van der Waals surface area contributed by atoms with E-state index in [0.717, 1.165) is 27.3 Å². The van der Waals surface area contributed by atoms with Crippen LogP contribution in [0.2, 0.25) is 0 Å². The Bertz CT molecular complexity index is 1200. The summed E-state index contributed by atoms with van der Waals surface area (Å²) in [4.78, 5) is 30.7. The van der Waals surface area contributed by atoms with Crippen LogP contribution in [-0.4, -0.2) is 51.6 Å². The Labute approximate surface area is 201 Å². The predicted octanol–water partition coefficient (Wildman–Crippen LogP) is 1.49. The lowest BCUT2D eigenvalue weighted by atomic mass is 10.0. The standard InChI is InChI=1S/C22H25N11O2/c23-31-30-14-21(34)27-9-10-32(24)15-16-1-4-19(5-2-16)33(25)22(35)6-3-17-11-26-8-7-20(17)18-12-28-29-13-18/h1-8,11-13H,9-10,14-15,24-25H2,(H,27,34)(H,28,29)/b6-3+. The summed E-state index contributed by atoms with van der Waals surface area (Å²) in [6.45, 7) is 0.874. The third-order valence-corrected chi connectivity index (χ3v) is 4.90. The van der Waals surface area contributed by atoms with Crippen LogP contribution in [0.3, 0.4) is 0 Å². The molecule has 0 atom stereocenters. The SMILES string of the molecule is [N-]=[N+]=NCC(=O)NCCN(N)Cc1ccc(N(N)C(=O)/C=C/c2cnccc2-c2cn[nH]c2)cc1. The average Bonchev–Trinajstić information content (AvgIpc) is 3.41. The summed E-state index contributed by atoms with van der Waals surface area (Å²) in [5.74, 6) is 11.2. The van der Waals surface area contributed by atoms with Gasteiger partial charge < -0.3 is 5.32 Å². The molecule has 0 aliphatic rings. The molecule has 3 aromatic rings. The summed E-state index contributed by atoms with van der Waals surface area (Å²) in [5, 5.41) is 15.1. The second-order valence-electron chi connectivity index (χ2n) is 7.37. The molecule has 0 unspecified atom stereocenters. The third kappa shape index (κ3) is 7.48. The van der Waals surface area contributed by atoms with Crippen LogP contribution in [0.1, 0.15) is 11.1 Å². The number of azide groups is 1. The molecule has 0 saturated heterocycles. The lowest BCUT2D eigenvalue weighted by Gasteiger charge is -2.18. The first-order valence-electron chi connectivity index (χ1n) is 10.5. The quantitative estimate of drug-likeness (QED) is 0.0613. The number of anilines is 1. The number of hydrogen-bond donors (Lipinski definition) is 4. The van der Waals surface area contributed by atoms with Gasteiger partial charge in [0.25, 0.3) is 5.91 Å². The molecule has 13 heteroatoms. The van der Waals surface area contributed by atoms with E-state index in [1.54, 1.807) is 43.0 Å². The number of aromatic amines is 1. The number of nitrogens with zero attached hydrogens (tertiary/aromatic N) is 7. The summed E-state index contributed by atoms with van der Waals surface area (Å²) in [5.41, 5.74) is 12.1. The molecule has 6 N–H and O–H groups in total. The minimum atomic E-state index is -0.406. The number of hydrazine groups is 2. The maximum absolute atomic E-state index is 12.6. The first kappa shape index (κ1) is 25.1. The van der Waals surface area contributed by atoms with Crippen molar-refractivity contribution >= 4 is 23.6 Å². The number of carbonyl (C=O) groups excluding carboxylic acids is 2. The van der Waals surface area contributed by atoms with Crippen LogP contribution < -0.4 is 22.0 Å². The van der Waals surface area contributed by atoms with Gasteiger partial charge in [0.2, 0.25) is 5.91 Å². The van der Waals surface area contributed by atoms with E-state index >= 15 is 0 Å². The van der Waals surface area contributed by atoms with Gasteiger partial charge in [-0.15, -0.1) is 0 Å². The number of nitrogens with two attached hydrogens (primary N) is 2. The van der Waals surface area contributed by atoms with E-state index in [4.69, 9.17) is 17.2 Å². The number of carbonyl (C=O) groups is 2. The Kier molecular flexibility index (Phi) is 9.05. The molecule has 35 heavy (non-hydrogen) atoms. The number of aromatic nitrogens is 3. The zero-order valence-corrected chi connectivity index (χ0v) is 18.8. The zero-order chi connectivity index (χ0) is 25.0. The molecule has 0 aliphatic heterocycles. The topological polar surface area (TPSA) is 195 Å². The van der Waals surface area contributed by atoms with E-state index in [-0.39, 0.29) is 12.5 Å². The molecule has 0 aliphatic carbocycles. The van der Waals surface area contributed by atoms with Crippen molar-refractivity contribution in [3.8, 4) is 11.1 Å². The molecule has 2 heterocycles. The molecule has 180 valence electrons. The predicted molar refractivity (Wildman–Crippen MR) is 131 cm³/mol. The molecule has 0 radical (unpaired) electrons. The molecule has 0 spiro atoms. The zero-order valence-electron chi connectivity index (χ0n) is 18.8. The summed E-state index contributed by atoms with van der Waals surface area (Å²) in [7, 11) is 0. The van der Waals surface area contributed by atoms with E-state index < -0.39 is 5.91 Å². The molecule has 3 rings (SSSR count). The van der Waals surface area contributed by atoms with Gasteiger partial charge in [-0.1, -0.05) is 17.2 Å². The van der Waals surface area contributed by atoms with Gasteiger partial charge in [-0.25, -0.2) is 15.9 Å². The van der Waals surface area contributed by atoms with Crippen LogP contribution >= 0.6 is 0 Å². The smallest absolute Gasteiger partial charge is 0.265 e. The fourth-order valence-electron chi connectivity index (χ4n) is 3.14. The highest BCUT2D eigenvalue weighted by atomic mass is 16.2. The minimum Gasteiger partial charge on any atom is -0.355 e. The number of pyridine rings is 1. The molecule has 1 aromatic carbocycles. The number of nitrogens with one attached hydrogen (secondary N) is 2. The van der Waals surface area contributed by atoms with Crippen molar-refractivity contribution in [2.24, 2.45) is 16.8 Å². The van der Waals surface area contributed by atoms with Crippen LogP contribution in [0, 0.1) is 0 Å². The highest BCUT2D eigenvalue weighted by Gasteiger charge is 2.11. The van der Waals surface area contributed by atoms with Crippen molar-refractivity contribution in [1.29, 1.82) is 0 Å². The van der Waals surface area contributed by atoms with Gasteiger partial charge in [-0.05, 0) is 40.9 Å². The largest absolute Gasteiger partial charge is 0.355 e. The number of H-pyrrole nitrogens is 1. The Balaban J connectivity index is 1.53. The molecule has 13 nitrogen and oxygen atoms in total. The summed E-state index contributed by atoms with van der Waals surface area (Å²) >= 11 is 0. The van der Waals surface area contributed by atoms with E-state index in [9.17, 15) is 9.59 Å². The molecular weight excluding hydrogens is 450 g/mol. The van der Waals surface area contributed by atoms with E-state index in [0.29, 0.717) is 25.3 Å². The van der Waals surface area contributed by atoms with Crippen molar-refractivity contribution < 1.29 is 9.59 Å². The number of hydrogen-bond acceptors (Lipinski definition) is 8. The maximum atomic E-state index is 12.6.